The molecular formula is C18H27N3O2. The minimum Gasteiger partial charge on any atom is -0.503 e. The van der Waals surface area contributed by atoms with Gasteiger partial charge >= 0.3 is 0 Å². The average Bonchev–Trinajstić information content (AvgIpc) is 3.20. The lowest BCUT2D eigenvalue weighted by atomic mass is 9.97. The van der Waals surface area contributed by atoms with Crippen molar-refractivity contribution < 1.29 is 9.90 Å². The highest BCUT2D eigenvalue weighted by Crippen LogP contribution is 2.44. The molecule has 0 saturated heterocycles. The Morgan fingerprint density at radius 3 is 2.74 bits per heavy atom. The number of imidazole rings is 1. The van der Waals surface area contributed by atoms with E-state index in [1.54, 1.807) is 12.5 Å². The summed E-state index contributed by atoms with van der Waals surface area (Å²) < 4.78 is 2.03. The van der Waals surface area contributed by atoms with E-state index in [0.29, 0.717) is 12.5 Å². The van der Waals surface area contributed by atoms with E-state index in [-0.39, 0.29) is 17.7 Å². The number of hydrogen-bond donors (Lipinski definition) is 1. The molecule has 1 atom stereocenters. The van der Waals surface area contributed by atoms with Gasteiger partial charge in [0.25, 0.3) is 5.91 Å². The first-order chi connectivity index (χ1) is 11.2. The zero-order chi connectivity index (χ0) is 16.2. The lowest BCUT2D eigenvalue weighted by Crippen LogP contribution is -2.38. The van der Waals surface area contributed by atoms with Gasteiger partial charge in [0.1, 0.15) is 0 Å². The van der Waals surface area contributed by atoms with E-state index >= 15 is 0 Å². The van der Waals surface area contributed by atoms with Gasteiger partial charge in [-0.05, 0) is 38.0 Å². The molecule has 5 nitrogen and oxygen atoms in total. The van der Waals surface area contributed by atoms with Gasteiger partial charge in [0, 0.05) is 31.1 Å². The Morgan fingerprint density at radius 1 is 1.26 bits per heavy atom. The molecule has 3 rings (SSSR count). The van der Waals surface area contributed by atoms with Gasteiger partial charge in [0.15, 0.2) is 5.76 Å². The van der Waals surface area contributed by atoms with E-state index in [0.717, 1.165) is 44.2 Å². The Bertz CT molecular complexity index is 561. The van der Waals surface area contributed by atoms with Gasteiger partial charge in [0.2, 0.25) is 0 Å². The molecule has 1 N–H and O–H groups in total. The van der Waals surface area contributed by atoms with Crippen LogP contribution < -0.4 is 0 Å². The highest BCUT2D eigenvalue weighted by molar-refractivity contribution is 5.95. The third kappa shape index (κ3) is 3.59. The van der Waals surface area contributed by atoms with Crippen molar-refractivity contribution in [1.82, 2.24) is 14.5 Å². The van der Waals surface area contributed by atoms with E-state index < -0.39 is 0 Å². The Kier molecular flexibility index (Phi) is 5.03. The van der Waals surface area contributed by atoms with Crippen molar-refractivity contribution in [2.75, 3.05) is 6.54 Å². The molecule has 1 fully saturated rings. The molecule has 0 spiro atoms. The SMILES string of the molecule is CCCCCC1=C(O)C(=O)N(CCCn2ccnc2)C1C1CC1. The maximum Gasteiger partial charge on any atom is 0.289 e. The summed E-state index contributed by atoms with van der Waals surface area (Å²) in [5.74, 6) is 0.452. The molecule has 1 unspecified atom stereocenters. The quantitative estimate of drug-likeness (QED) is 0.711. The van der Waals surface area contributed by atoms with Crippen LogP contribution in [0.15, 0.2) is 30.1 Å². The fraction of sp³-hybridized carbons (Fsp3) is 0.667. The van der Waals surface area contributed by atoms with Crippen molar-refractivity contribution in [3.8, 4) is 0 Å². The van der Waals surface area contributed by atoms with E-state index in [9.17, 15) is 9.90 Å². The second-order valence-corrected chi connectivity index (χ2v) is 6.77. The molecule has 1 aromatic rings. The summed E-state index contributed by atoms with van der Waals surface area (Å²) in [4.78, 5) is 18.4. The van der Waals surface area contributed by atoms with Crippen LogP contribution >= 0.6 is 0 Å². The molecule has 5 heteroatoms. The van der Waals surface area contributed by atoms with Crippen LogP contribution in [0.25, 0.3) is 0 Å². The van der Waals surface area contributed by atoms with Crippen LogP contribution in [0.1, 0.15) is 51.9 Å². The molecule has 126 valence electrons. The van der Waals surface area contributed by atoms with Crippen LogP contribution in [0.4, 0.5) is 0 Å². The molecular weight excluding hydrogens is 290 g/mol. The van der Waals surface area contributed by atoms with Gasteiger partial charge in [0.05, 0.1) is 12.4 Å². The summed E-state index contributed by atoms with van der Waals surface area (Å²) >= 11 is 0. The first kappa shape index (κ1) is 16.1. The smallest absolute Gasteiger partial charge is 0.289 e. The van der Waals surface area contributed by atoms with Crippen LogP contribution in [-0.4, -0.2) is 38.1 Å². The van der Waals surface area contributed by atoms with Crippen LogP contribution in [0.5, 0.6) is 0 Å². The van der Waals surface area contributed by atoms with Crippen LogP contribution in [0.2, 0.25) is 0 Å². The van der Waals surface area contributed by atoms with Gasteiger partial charge in [-0.1, -0.05) is 19.8 Å². The highest BCUT2D eigenvalue weighted by atomic mass is 16.3. The fourth-order valence-corrected chi connectivity index (χ4v) is 3.59. The lowest BCUT2D eigenvalue weighted by Gasteiger charge is -2.27. The molecule has 1 aliphatic heterocycles. The number of aryl methyl sites for hydroxylation is 1. The van der Waals surface area contributed by atoms with Crippen molar-refractivity contribution in [3.63, 3.8) is 0 Å². The van der Waals surface area contributed by atoms with Crippen molar-refractivity contribution in [3.05, 3.63) is 30.1 Å². The Hall–Kier alpha value is -1.78. The van der Waals surface area contributed by atoms with Crippen molar-refractivity contribution in [2.24, 2.45) is 5.92 Å². The van der Waals surface area contributed by atoms with Gasteiger partial charge in [-0.15, -0.1) is 0 Å². The summed E-state index contributed by atoms with van der Waals surface area (Å²) in [7, 11) is 0. The number of rotatable bonds is 9. The Morgan fingerprint density at radius 2 is 2.09 bits per heavy atom. The van der Waals surface area contributed by atoms with Crippen molar-refractivity contribution in [2.45, 2.75) is 64.5 Å². The molecule has 1 aliphatic carbocycles. The second-order valence-electron chi connectivity index (χ2n) is 6.77. The normalized spacial score (nSPS) is 21.5. The molecule has 2 heterocycles. The number of carbonyl (C=O) groups excluding carboxylic acids is 1. The molecule has 1 saturated carbocycles. The standard InChI is InChI=1S/C18H27N3O2/c1-2-3-4-6-15-16(14-7-8-14)21(18(23)17(15)22)11-5-10-20-12-9-19-13-20/h9,12-14,16,22H,2-8,10-11H2,1H3. The summed E-state index contributed by atoms with van der Waals surface area (Å²) in [5, 5.41) is 10.3. The van der Waals surface area contributed by atoms with E-state index in [1.807, 2.05) is 15.7 Å². The predicted octanol–water partition coefficient (Wildman–Crippen LogP) is 3.29. The number of nitrogens with zero attached hydrogens (tertiary/aromatic N) is 3. The van der Waals surface area contributed by atoms with Gasteiger partial charge in [-0.25, -0.2) is 4.98 Å². The van der Waals surface area contributed by atoms with Gasteiger partial charge in [-0.2, -0.15) is 0 Å². The van der Waals surface area contributed by atoms with Gasteiger partial charge in [-0.3, -0.25) is 4.79 Å². The number of hydrogen-bond acceptors (Lipinski definition) is 3. The van der Waals surface area contributed by atoms with Crippen molar-refractivity contribution in [1.29, 1.82) is 0 Å². The van der Waals surface area contributed by atoms with Crippen LogP contribution in [0.3, 0.4) is 0 Å². The molecule has 0 bridgehead atoms. The third-order valence-electron chi connectivity index (χ3n) is 4.95. The van der Waals surface area contributed by atoms with E-state index in [4.69, 9.17) is 0 Å². The highest BCUT2D eigenvalue weighted by Gasteiger charge is 2.46. The van der Waals surface area contributed by atoms with Gasteiger partial charge < -0.3 is 14.6 Å². The first-order valence-electron chi connectivity index (χ1n) is 8.91. The Balaban J connectivity index is 1.61. The van der Waals surface area contributed by atoms with Crippen molar-refractivity contribution >= 4 is 5.91 Å². The number of unbranched alkanes of at least 4 members (excludes halogenated alkanes) is 2. The van der Waals surface area contributed by atoms with Crippen LogP contribution in [-0.2, 0) is 11.3 Å². The molecule has 2 aliphatic rings. The molecule has 23 heavy (non-hydrogen) atoms. The van der Waals surface area contributed by atoms with Crippen LogP contribution in [0, 0.1) is 5.92 Å². The van der Waals surface area contributed by atoms with E-state index in [2.05, 4.69) is 11.9 Å². The number of carbonyl (C=O) groups is 1. The summed E-state index contributed by atoms with van der Waals surface area (Å²) in [6.45, 7) is 3.74. The number of amides is 1. The lowest BCUT2D eigenvalue weighted by molar-refractivity contribution is -0.129. The number of aliphatic hydroxyl groups excluding tert-OH is 1. The topological polar surface area (TPSA) is 58.4 Å². The number of aromatic nitrogens is 2. The molecule has 0 aromatic carbocycles. The zero-order valence-corrected chi connectivity index (χ0v) is 13.9. The largest absolute Gasteiger partial charge is 0.503 e. The zero-order valence-electron chi connectivity index (χ0n) is 13.9. The number of aliphatic hydroxyl groups is 1. The molecule has 1 amide bonds. The summed E-state index contributed by atoms with van der Waals surface area (Å²) in [6.07, 6.45) is 13.0. The minimum atomic E-state index is -0.154. The molecule has 1 aromatic heterocycles. The second kappa shape index (κ2) is 7.20. The fourth-order valence-electron chi connectivity index (χ4n) is 3.59. The first-order valence-corrected chi connectivity index (χ1v) is 8.91. The average molecular weight is 317 g/mol. The molecule has 0 radical (unpaired) electrons. The predicted molar refractivity (Wildman–Crippen MR) is 88.9 cm³/mol. The summed E-state index contributed by atoms with van der Waals surface area (Å²) in [6, 6.07) is 0.155. The summed E-state index contributed by atoms with van der Waals surface area (Å²) in [5.41, 5.74) is 1.01. The minimum absolute atomic E-state index is 0.0423. The monoisotopic (exact) mass is 317 g/mol. The maximum absolute atomic E-state index is 12.5. The Labute approximate surface area is 138 Å². The maximum atomic E-state index is 12.5. The van der Waals surface area contributed by atoms with E-state index in [1.165, 1.54) is 12.8 Å². The third-order valence-corrected chi connectivity index (χ3v) is 4.95.